The first kappa shape index (κ1) is 21.3. The molecule has 2 fully saturated rings. The van der Waals surface area contributed by atoms with Crippen molar-refractivity contribution in [2.45, 2.75) is 90.4 Å². The molecule has 1 aromatic carbocycles. The Labute approximate surface area is 169 Å². The molecule has 2 aliphatic carbocycles. The minimum Gasteiger partial charge on any atom is -0.205 e. The van der Waals surface area contributed by atoms with E-state index < -0.39 is 17.2 Å². The van der Waals surface area contributed by atoms with Gasteiger partial charge < -0.3 is 0 Å². The fraction of sp³-hybridized carbons (Fsp3) is 0.720. The van der Waals surface area contributed by atoms with Gasteiger partial charge in [0.2, 0.25) is 0 Å². The molecule has 154 valence electrons. The summed E-state index contributed by atoms with van der Waals surface area (Å²) >= 11 is 0. The number of rotatable bonds is 6. The molecule has 1 aromatic rings. The lowest BCUT2D eigenvalue weighted by atomic mass is 9.70. The highest BCUT2D eigenvalue weighted by Crippen LogP contribution is 2.43. The van der Waals surface area contributed by atoms with Gasteiger partial charge in [-0.05, 0) is 79.4 Å². The molecule has 0 heterocycles. The van der Waals surface area contributed by atoms with Crippen LogP contribution in [0.25, 0.3) is 0 Å². The van der Waals surface area contributed by atoms with Crippen LogP contribution in [0.3, 0.4) is 0 Å². The molecule has 0 spiro atoms. The molecule has 0 amide bonds. The molecule has 1 atom stereocenters. The lowest BCUT2D eigenvalue weighted by Gasteiger charge is -2.36. The summed E-state index contributed by atoms with van der Waals surface area (Å²) in [5, 5.41) is 8.84. The van der Waals surface area contributed by atoms with E-state index in [2.05, 4.69) is 13.8 Å². The Hall–Kier alpha value is -1.43. The molecule has 28 heavy (non-hydrogen) atoms. The molecule has 3 heteroatoms. The monoisotopic (exact) mass is 387 g/mol. The molecule has 0 N–H and O–H groups in total. The molecule has 1 nitrogen and oxygen atoms in total. The molecule has 0 aliphatic heterocycles. The normalized spacial score (nSPS) is 29.2. The van der Waals surface area contributed by atoms with Crippen LogP contribution in [-0.2, 0) is 0 Å². The van der Waals surface area contributed by atoms with Crippen LogP contribution in [0, 0.1) is 46.6 Å². The van der Waals surface area contributed by atoms with Gasteiger partial charge in [-0.15, -0.1) is 0 Å². The summed E-state index contributed by atoms with van der Waals surface area (Å²) in [5.74, 6) is 2.17. The molecule has 0 saturated heterocycles. The van der Waals surface area contributed by atoms with Crippen molar-refractivity contribution in [1.82, 2.24) is 0 Å². The maximum atomic E-state index is 13.9. The van der Waals surface area contributed by atoms with Crippen molar-refractivity contribution in [3.63, 3.8) is 0 Å². The Bertz CT molecular complexity index is 653. The van der Waals surface area contributed by atoms with E-state index in [9.17, 15) is 8.78 Å². The number of nitrogens with zero attached hydrogens (tertiary/aromatic N) is 1. The van der Waals surface area contributed by atoms with Gasteiger partial charge in [0, 0.05) is 0 Å². The third-order valence-electron chi connectivity index (χ3n) is 7.59. The van der Waals surface area contributed by atoms with Crippen LogP contribution in [0.1, 0.15) is 102 Å². The van der Waals surface area contributed by atoms with Crippen LogP contribution >= 0.6 is 0 Å². The van der Waals surface area contributed by atoms with E-state index in [0.717, 1.165) is 54.9 Å². The van der Waals surface area contributed by atoms with E-state index in [-0.39, 0.29) is 5.92 Å². The van der Waals surface area contributed by atoms with Crippen molar-refractivity contribution < 1.29 is 8.78 Å². The van der Waals surface area contributed by atoms with Crippen LogP contribution < -0.4 is 0 Å². The number of halogens is 2. The highest BCUT2D eigenvalue weighted by atomic mass is 19.1. The molecular weight excluding hydrogens is 352 g/mol. The van der Waals surface area contributed by atoms with Gasteiger partial charge in [-0.1, -0.05) is 52.4 Å². The second-order valence-electron chi connectivity index (χ2n) is 9.47. The average Bonchev–Trinajstić information content (AvgIpc) is 2.69. The van der Waals surface area contributed by atoms with Crippen molar-refractivity contribution in [2.75, 3.05) is 0 Å². The summed E-state index contributed by atoms with van der Waals surface area (Å²) in [7, 11) is 0. The van der Waals surface area contributed by atoms with Crippen LogP contribution in [-0.4, -0.2) is 0 Å². The van der Waals surface area contributed by atoms with Crippen molar-refractivity contribution in [1.29, 1.82) is 5.26 Å². The van der Waals surface area contributed by atoms with Crippen LogP contribution in [0.5, 0.6) is 0 Å². The number of benzene rings is 1. The summed E-state index contributed by atoms with van der Waals surface area (Å²) in [5.41, 5.74) is 0.272. The molecule has 0 aromatic heterocycles. The lowest BCUT2D eigenvalue weighted by Crippen LogP contribution is -2.23. The first-order chi connectivity index (χ1) is 13.5. The van der Waals surface area contributed by atoms with E-state index in [0.29, 0.717) is 0 Å². The fourth-order valence-corrected chi connectivity index (χ4v) is 5.84. The van der Waals surface area contributed by atoms with Crippen molar-refractivity contribution in [3.05, 3.63) is 34.9 Å². The summed E-state index contributed by atoms with van der Waals surface area (Å²) < 4.78 is 27.9. The number of hydrogen-bond donors (Lipinski definition) is 0. The first-order valence-corrected chi connectivity index (χ1v) is 11.4. The number of nitriles is 1. The predicted molar refractivity (Wildman–Crippen MR) is 110 cm³/mol. The Morgan fingerprint density at radius 1 is 0.964 bits per heavy atom. The maximum absolute atomic E-state index is 13.9. The summed E-state index contributed by atoms with van der Waals surface area (Å²) in [4.78, 5) is 0. The van der Waals surface area contributed by atoms with Crippen LogP contribution in [0.4, 0.5) is 8.78 Å². The van der Waals surface area contributed by atoms with Crippen molar-refractivity contribution >= 4 is 0 Å². The zero-order chi connectivity index (χ0) is 20.1. The van der Waals surface area contributed by atoms with E-state index in [1.54, 1.807) is 6.07 Å². The van der Waals surface area contributed by atoms with Crippen LogP contribution in [0.15, 0.2) is 12.1 Å². The third-order valence-corrected chi connectivity index (χ3v) is 7.59. The Kier molecular flexibility index (Phi) is 7.49. The highest BCUT2D eigenvalue weighted by molar-refractivity contribution is 5.36. The summed E-state index contributed by atoms with van der Waals surface area (Å²) in [6.45, 7) is 4.72. The van der Waals surface area contributed by atoms with E-state index in [1.165, 1.54) is 57.1 Å². The van der Waals surface area contributed by atoms with Crippen LogP contribution in [0.2, 0.25) is 0 Å². The minimum atomic E-state index is -0.716. The lowest BCUT2D eigenvalue weighted by molar-refractivity contribution is 0.176. The number of hydrogen-bond acceptors (Lipinski definition) is 1. The molecule has 2 aliphatic rings. The van der Waals surface area contributed by atoms with Gasteiger partial charge in [-0.3, -0.25) is 0 Å². The SMILES string of the molecule is CCCC1CCC(CC(C)C2CCC(c3cc(F)c(C#N)c(F)c3)CC2)CC1. The van der Waals surface area contributed by atoms with Gasteiger partial charge in [0.15, 0.2) is 0 Å². The zero-order valence-corrected chi connectivity index (χ0v) is 17.5. The largest absolute Gasteiger partial charge is 0.205 e. The highest BCUT2D eigenvalue weighted by Gasteiger charge is 2.29. The Morgan fingerprint density at radius 2 is 1.54 bits per heavy atom. The van der Waals surface area contributed by atoms with Gasteiger partial charge in [0.1, 0.15) is 23.3 Å². The smallest absolute Gasteiger partial charge is 0.144 e. The van der Waals surface area contributed by atoms with Gasteiger partial charge >= 0.3 is 0 Å². The second kappa shape index (κ2) is 9.86. The quantitative estimate of drug-likeness (QED) is 0.489. The maximum Gasteiger partial charge on any atom is 0.144 e. The molecule has 0 bridgehead atoms. The topological polar surface area (TPSA) is 23.8 Å². The molecule has 3 rings (SSSR count). The Morgan fingerprint density at radius 3 is 2.07 bits per heavy atom. The molecule has 0 radical (unpaired) electrons. The van der Waals surface area contributed by atoms with E-state index in [1.807, 2.05) is 0 Å². The summed E-state index contributed by atoms with van der Waals surface area (Å²) in [6.07, 6.45) is 14.1. The first-order valence-electron chi connectivity index (χ1n) is 11.4. The van der Waals surface area contributed by atoms with E-state index in [4.69, 9.17) is 5.26 Å². The van der Waals surface area contributed by atoms with Gasteiger partial charge in [-0.2, -0.15) is 5.26 Å². The summed E-state index contributed by atoms with van der Waals surface area (Å²) in [6, 6.07) is 4.37. The minimum absolute atomic E-state index is 0.227. The van der Waals surface area contributed by atoms with Gasteiger partial charge in [-0.25, -0.2) is 8.78 Å². The van der Waals surface area contributed by atoms with Gasteiger partial charge in [0.05, 0.1) is 0 Å². The average molecular weight is 388 g/mol. The third kappa shape index (κ3) is 5.13. The second-order valence-corrected chi connectivity index (χ2v) is 9.47. The fourth-order valence-electron chi connectivity index (χ4n) is 5.84. The van der Waals surface area contributed by atoms with Crippen molar-refractivity contribution in [2.24, 2.45) is 23.7 Å². The molecule has 1 unspecified atom stereocenters. The predicted octanol–water partition coefficient (Wildman–Crippen LogP) is 7.74. The molecular formula is C25H35F2N. The van der Waals surface area contributed by atoms with E-state index >= 15 is 0 Å². The van der Waals surface area contributed by atoms with Crippen molar-refractivity contribution in [3.8, 4) is 6.07 Å². The Balaban J connectivity index is 1.48. The zero-order valence-electron chi connectivity index (χ0n) is 17.5. The molecule has 2 saturated carbocycles. The van der Waals surface area contributed by atoms with Gasteiger partial charge in [0.25, 0.3) is 0 Å². The standard InChI is InChI=1S/C25H35F2N/c1-3-4-18-5-7-19(8-6-18)13-17(2)20-9-11-21(12-10-20)22-14-24(26)23(16-28)25(27)15-22/h14-15,17-21H,3-13H2,1-2H3.